The summed E-state index contributed by atoms with van der Waals surface area (Å²) in [5.74, 6) is 0.122. The second-order valence-corrected chi connectivity index (χ2v) is 6.07. The largest absolute Gasteiger partial charge is 0.359 e. The summed E-state index contributed by atoms with van der Waals surface area (Å²) in [7, 11) is 1.70. The predicted octanol–water partition coefficient (Wildman–Crippen LogP) is 1.53. The van der Waals surface area contributed by atoms with Gasteiger partial charge in [0.2, 0.25) is 5.91 Å². The van der Waals surface area contributed by atoms with Crippen LogP contribution in [0.4, 0.5) is 0 Å². The van der Waals surface area contributed by atoms with Crippen LogP contribution in [0, 0.1) is 5.41 Å². The Balaban J connectivity index is 2.19. The first kappa shape index (κ1) is 15.0. The molecule has 1 aliphatic rings. The summed E-state index contributed by atoms with van der Waals surface area (Å²) in [5.41, 5.74) is 7.12. The number of nitrogens with one attached hydrogen (secondary N) is 1. The minimum Gasteiger partial charge on any atom is -0.359 e. The average Bonchev–Trinajstić information content (AvgIpc) is 2.82. The van der Waals surface area contributed by atoms with Crippen LogP contribution < -0.4 is 11.1 Å². The molecule has 4 heteroatoms. The maximum atomic E-state index is 12.0. The van der Waals surface area contributed by atoms with E-state index in [1.807, 2.05) is 32.0 Å². The van der Waals surface area contributed by atoms with Gasteiger partial charge in [-0.1, -0.05) is 30.3 Å². The monoisotopic (exact) mass is 275 g/mol. The second kappa shape index (κ2) is 5.94. The summed E-state index contributed by atoms with van der Waals surface area (Å²) < 4.78 is 0. The van der Waals surface area contributed by atoms with E-state index < -0.39 is 0 Å². The Kier molecular flexibility index (Phi) is 4.45. The van der Waals surface area contributed by atoms with Crippen molar-refractivity contribution in [1.82, 2.24) is 10.2 Å². The van der Waals surface area contributed by atoms with Gasteiger partial charge in [0.1, 0.15) is 0 Å². The van der Waals surface area contributed by atoms with E-state index in [9.17, 15) is 4.79 Å². The summed E-state index contributed by atoms with van der Waals surface area (Å²) >= 11 is 0. The van der Waals surface area contributed by atoms with Gasteiger partial charge in [-0.05, 0) is 32.4 Å². The number of hydrogen-bond donors (Lipinski definition) is 2. The molecule has 110 valence electrons. The number of nitrogens with two attached hydrogens (primary N) is 1. The average molecular weight is 275 g/mol. The predicted molar refractivity (Wildman–Crippen MR) is 81.2 cm³/mol. The maximum absolute atomic E-state index is 12.0. The Morgan fingerprint density at radius 1 is 1.40 bits per heavy atom. The Bertz CT molecular complexity index is 460. The van der Waals surface area contributed by atoms with Crippen LogP contribution in [-0.4, -0.2) is 37.0 Å². The van der Waals surface area contributed by atoms with Crippen LogP contribution in [0.5, 0.6) is 0 Å². The van der Waals surface area contributed by atoms with Gasteiger partial charge >= 0.3 is 0 Å². The van der Waals surface area contributed by atoms with E-state index >= 15 is 0 Å². The highest BCUT2D eigenvalue weighted by atomic mass is 16.2. The Labute approximate surface area is 121 Å². The van der Waals surface area contributed by atoms with Crippen LogP contribution in [0.2, 0.25) is 0 Å². The van der Waals surface area contributed by atoms with E-state index in [1.165, 1.54) is 5.56 Å². The summed E-state index contributed by atoms with van der Waals surface area (Å²) in [5, 5.41) is 2.78. The summed E-state index contributed by atoms with van der Waals surface area (Å²) in [4.78, 5) is 14.4. The molecule has 0 bridgehead atoms. The number of amides is 1. The topological polar surface area (TPSA) is 58.4 Å². The van der Waals surface area contributed by atoms with E-state index in [1.54, 1.807) is 7.05 Å². The minimum absolute atomic E-state index is 0.0319. The summed E-state index contributed by atoms with van der Waals surface area (Å²) in [6.45, 7) is 5.74. The highest BCUT2D eigenvalue weighted by molar-refractivity contribution is 5.82. The Hall–Kier alpha value is -1.39. The third kappa shape index (κ3) is 2.86. The van der Waals surface area contributed by atoms with E-state index in [0.29, 0.717) is 0 Å². The van der Waals surface area contributed by atoms with Crippen molar-refractivity contribution in [3.8, 4) is 0 Å². The zero-order valence-corrected chi connectivity index (χ0v) is 12.6. The Morgan fingerprint density at radius 3 is 2.60 bits per heavy atom. The molecule has 1 heterocycles. The van der Waals surface area contributed by atoms with Gasteiger partial charge in [-0.3, -0.25) is 9.69 Å². The molecule has 1 aliphatic heterocycles. The van der Waals surface area contributed by atoms with E-state index in [0.717, 1.165) is 19.5 Å². The van der Waals surface area contributed by atoms with Crippen molar-refractivity contribution in [1.29, 1.82) is 0 Å². The third-order valence-electron chi connectivity index (χ3n) is 4.31. The maximum Gasteiger partial charge on any atom is 0.227 e. The molecule has 0 spiro atoms. The second-order valence-electron chi connectivity index (χ2n) is 6.07. The molecule has 3 atom stereocenters. The van der Waals surface area contributed by atoms with Crippen molar-refractivity contribution in [2.24, 2.45) is 11.1 Å². The van der Waals surface area contributed by atoms with E-state index in [-0.39, 0.29) is 23.4 Å². The number of hydrogen-bond acceptors (Lipinski definition) is 3. The number of rotatable bonds is 4. The van der Waals surface area contributed by atoms with Crippen molar-refractivity contribution in [2.75, 3.05) is 20.1 Å². The molecular formula is C16H25N3O. The molecule has 0 aliphatic carbocycles. The molecule has 1 saturated heterocycles. The van der Waals surface area contributed by atoms with Crippen molar-refractivity contribution < 1.29 is 4.79 Å². The highest BCUT2D eigenvalue weighted by Gasteiger charge is 2.42. The van der Waals surface area contributed by atoms with Gasteiger partial charge in [-0.2, -0.15) is 0 Å². The molecule has 1 aromatic carbocycles. The molecule has 2 rings (SSSR count). The van der Waals surface area contributed by atoms with Crippen LogP contribution in [0.25, 0.3) is 0 Å². The van der Waals surface area contributed by atoms with E-state index in [2.05, 4.69) is 22.3 Å². The summed E-state index contributed by atoms with van der Waals surface area (Å²) in [6.07, 6.45) is 0.878. The summed E-state index contributed by atoms with van der Waals surface area (Å²) in [6, 6.07) is 10.5. The van der Waals surface area contributed by atoms with Crippen molar-refractivity contribution >= 4 is 5.91 Å². The number of nitrogens with zero attached hydrogens (tertiary/aromatic N) is 1. The molecule has 4 nitrogen and oxygen atoms in total. The first-order valence-electron chi connectivity index (χ1n) is 7.25. The van der Waals surface area contributed by atoms with Gasteiger partial charge in [0.05, 0.1) is 5.41 Å². The van der Waals surface area contributed by atoms with Crippen molar-refractivity contribution in [2.45, 2.75) is 32.4 Å². The molecule has 1 aromatic rings. The molecule has 0 radical (unpaired) electrons. The van der Waals surface area contributed by atoms with Crippen molar-refractivity contribution in [3.05, 3.63) is 35.9 Å². The SMILES string of the molecule is CNC(=O)C1(C)CCN(C(c2ccccc2)C(C)N)C1. The Morgan fingerprint density at radius 2 is 2.05 bits per heavy atom. The lowest BCUT2D eigenvalue weighted by atomic mass is 9.88. The lowest BCUT2D eigenvalue weighted by molar-refractivity contribution is -0.129. The van der Waals surface area contributed by atoms with Crippen LogP contribution in [0.3, 0.4) is 0 Å². The fourth-order valence-electron chi connectivity index (χ4n) is 3.22. The van der Waals surface area contributed by atoms with Gasteiger partial charge in [-0.25, -0.2) is 0 Å². The van der Waals surface area contributed by atoms with Crippen LogP contribution in [0.1, 0.15) is 31.9 Å². The van der Waals surface area contributed by atoms with Crippen molar-refractivity contribution in [3.63, 3.8) is 0 Å². The standard InChI is InChI=1S/C16H25N3O/c1-12(17)14(13-7-5-4-6-8-13)19-10-9-16(2,11-19)15(20)18-3/h4-8,12,14H,9-11,17H2,1-3H3,(H,18,20). The fourth-order valence-corrected chi connectivity index (χ4v) is 3.22. The van der Waals surface area contributed by atoms with Gasteiger partial charge in [-0.15, -0.1) is 0 Å². The number of likely N-dealkylation sites (tertiary alicyclic amines) is 1. The first-order chi connectivity index (χ1) is 9.48. The smallest absolute Gasteiger partial charge is 0.227 e. The van der Waals surface area contributed by atoms with Crippen LogP contribution in [-0.2, 0) is 4.79 Å². The normalized spacial score (nSPS) is 26.2. The van der Waals surface area contributed by atoms with Gasteiger partial charge in [0, 0.05) is 25.7 Å². The van der Waals surface area contributed by atoms with Crippen LogP contribution in [0.15, 0.2) is 30.3 Å². The van der Waals surface area contributed by atoms with Gasteiger partial charge in [0.25, 0.3) is 0 Å². The fraction of sp³-hybridized carbons (Fsp3) is 0.562. The molecule has 1 amide bonds. The molecule has 0 saturated carbocycles. The van der Waals surface area contributed by atoms with Gasteiger partial charge < -0.3 is 11.1 Å². The first-order valence-corrected chi connectivity index (χ1v) is 7.25. The zero-order chi connectivity index (χ0) is 14.8. The quantitative estimate of drug-likeness (QED) is 0.876. The molecule has 3 unspecified atom stereocenters. The molecule has 0 aromatic heterocycles. The third-order valence-corrected chi connectivity index (χ3v) is 4.31. The van der Waals surface area contributed by atoms with Crippen LogP contribution >= 0.6 is 0 Å². The number of carbonyl (C=O) groups excluding carboxylic acids is 1. The number of benzene rings is 1. The lowest BCUT2D eigenvalue weighted by Gasteiger charge is -2.32. The number of carbonyl (C=O) groups is 1. The van der Waals surface area contributed by atoms with E-state index in [4.69, 9.17) is 5.73 Å². The minimum atomic E-state index is -0.309. The molecule has 3 N–H and O–H groups in total. The highest BCUT2D eigenvalue weighted by Crippen LogP contribution is 2.36. The zero-order valence-electron chi connectivity index (χ0n) is 12.6. The van der Waals surface area contributed by atoms with Gasteiger partial charge in [0.15, 0.2) is 0 Å². The molecule has 20 heavy (non-hydrogen) atoms. The lowest BCUT2D eigenvalue weighted by Crippen LogP contribution is -2.42. The molecule has 1 fully saturated rings. The molecular weight excluding hydrogens is 250 g/mol.